The predicted octanol–water partition coefficient (Wildman–Crippen LogP) is 5.43. The minimum atomic E-state index is 1.04. The minimum absolute atomic E-state index is 1.04. The molecule has 0 aliphatic heterocycles. The van der Waals surface area contributed by atoms with Gasteiger partial charge in [0.2, 0.25) is 0 Å². The first-order chi connectivity index (χ1) is 11.6. The summed E-state index contributed by atoms with van der Waals surface area (Å²) in [5.74, 6) is 0. The van der Waals surface area contributed by atoms with E-state index in [0.717, 1.165) is 11.0 Å². The quantitative estimate of drug-likeness (QED) is 0.459. The molecule has 0 N–H and O–H groups in total. The summed E-state index contributed by atoms with van der Waals surface area (Å²) in [7, 11) is 4.15. The third-order valence-corrected chi connectivity index (χ3v) is 4.58. The van der Waals surface area contributed by atoms with Crippen molar-refractivity contribution in [3.05, 3.63) is 72.3 Å². The molecule has 118 valence electrons. The summed E-state index contributed by atoms with van der Waals surface area (Å²) in [6.07, 6.45) is 0. The second-order valence-corrected chi connectivity index (χ2v) is 6.41. The molecule has 4 rings (SSSR count). The van der Waals surface area contributed by atoms with Crippen LogP contribution < -0.4 is 4.90 Å². The molecule has 2 heteroatoms. The molecule has 0 unspecified atom stereocenters. The first kappa shape index (κ1) is 14.7. The van der Waals surface area contributed by atoms with Gasteiger partial charge in [0.15, 0.2) is 0 Å². The lowest BCUT2D eigenvalue weighted by atomic mass is 9.93. The van der Waals surface area contributed by atoms with E-state index in [-0.39, 0.29) is 0 Å². The average Bonchev–Trinajstić information content (AvgIpc) is 2.60. The van der Waals surface area contributed by atoms with Crippen LogP contribution in [0.1, 0.15) is 5.56 Å². The largest absolute Gasteiger partial charge is 0.378 e. The zero-order chi connectivity index (χ0) is 16.7. The molecule has 0 aliphatic rings. The van der Waals surface area contributed by atoms with Crippen LogP contribution in [0.4, 0.5) is 5.69 Å². The number of para-hydroxylation sites is 2. The highest BCUT2D eigenvalue weighted by Crippen LogP contribution is 2.37. The Morgan fingerprint density at radius 2 is 1.33 bits per heavy atom. The number of aromatic nitrogens is 1. The van der Waals surface area contributed by atoms with E-state index in [9.17, 15) is 0 Å². The zero-order valence-electron chi connectivity index (χ0n) is 14.2. The number of rotatable bonds is 2. The van der Waals surface area contributed by atoms with Crippen molar-refractivity contribution < 1.29 is 0 Å². The summed E-state index contributed by atoms with van der Waals surface area (Å²) >= 11 is 0. The van der Waals surface area contributed by atoms with E-state index >= 15 is 0 Å². The molecule has 1 aromatic heterocycles. The van der Waals surface area contributed by atoms with Gasteiger partial charge in [-0.05, 0) is 42.3 Å². The highest BCUT2D eigenvalue weighted by atomic mass is 15.1. The van der Waals surface area contributed by atoms with Crippen molar-refractivity contribution in [1.82, 2.24) is 4.98 Å². The number of anilines is 1. The van der Waals surface area contributed by atoms with Gasteiger partial charge in [0.1, 0.15) is 0 Å². The van der Waals surface area contributed by atoms with Crippen molar-refractivity contribution >= 4 is 27.5 Å². The molecule has 0 aliphatic carbocycles. The van der Waals surface area contributed by atoms with Crippen LogP contribution in [0.25, 0.3) is 32.9 Å². The van der Waals surface area contributed by atoms with Gasteiger partial charge in [0, 0.05) is 36.1 Å². The third-order valence-electron chi connectivity index (χ3n) is 4.58. The molecular weight excluding hydrogens is 292 g/mol. The normalized spacial score (nSPS) is 11.1. The maximum Gasteiger partial charge on any atom is 0.0715 e. The Kier molecular flexibility index (Phi) is 3.46. The standard InChI is InChI=1S/C22H20N2/c1-15-14-16(24(2)3)12-13-17(15)22-18-8-4-6-10-20(18)23-21-11-7-5-9-19(21)22/h4-14H,1-3H3. The first-order valence-electron chi connectivity index (χ1n) is 8.21. The molecule has 1 heterocycles. The van der Waals surface area contributed by atoms with E-state index in [4.69, 9.17) is 4.98 Å². The van der Waals surface area contributed by atoms with Crippen LogP contribution in [0.3, 0.4) is 0 Å². The lowest BCUT2D eigenvalue weighted by Crippen LogP contribution is -2.08. The highest BCUT2D eigenvalue weighted by molar-refractivity contribution is 6.10. The molecule has 0 saturated carbocycles. The highest BCUT2D eigenvalue weighted by Gasteiger charge is 2.13. The van der Waals surface area contributed by atoms with Gasteiger partial charge in [-0.25, -0.2) is 4.98 Å². The summed E-state index contributed by atoms with van der Waals surface area (Å²) in [6.45, 7) is 2.19. The summed E-state index contributed by atoms with van der Waals surface area (Å²) < 4.78 is 0. The Labute approximate surface area is 142 Å². The number of nitrogens with zero attached hydrogens (tertiary/aromatic N) is 2. The van der Waals surface area contributed by atoms with Gasteiger partial charge in [-0.15, -0.1) is 0 Å². The van der Waals surface area contributed by atoms with Crippen molar-refractivity contribution in [3.63, 3.8) is 0 Å². The predicted molar refractivity (Wildman–Crippen MR) is 104 cm³/mol. The summed E-state index contributed by atoms with van der Waals surface area (Å²) in [4.78, 5) is 6.97. The molecule has 0 radical (unpaired) electrons. The van der Waals surface area contributed by atoms with Crippen LogP contribution in [0.5, 0.6) is 0 Å². The first-order valence-corrected chi connectivity index (χ1v) is 8.21. The molecule has 0 saturated heterocycles. The van der Waals surface area contributed by atoms with Crippen molar-refractivity contribution in [2.75, 3.05) is 19.0 Å². The van der Waals surface area contributed by atoms with Crippen LogP contribution in [-0.2, 0) is 0 Å². The van der Waals surface area contributed by atoms with E-state index in [0.29, 0.717) is 0 Å². The zero-order valence-corrected chi connectivity index (χ0v) is 14.2. The van der Waals surface area contributed by atoms with E-state index in [1.807, 2.05) is 0 Å². The van der Waals surface area contributed by atoms with Crippen LogP contribution in [0.2, 0.25) is 0 Å². The number of hydrogen-bond donors (Lipinski definition) is 0. The Hall–Kier alpha value is -2.87. The molecule has 0 fully saturated rings. The maximum absolute atomic E-state index is 4.83. The van der Waals surface area contributed by atoms with Crippen molar-refractivity contribution in [1.29, 1.82) is 0 Å². The average molecular weight is 312 g/mol. The monoisotopic (exact) mass is 312 g/mol. The molecule has 0 atom stereocenters. The molecule has 4 aromatic rings. The van der Waals surface area contributed by atoms with Gasteiger partial charge in [0.25, 0.3) is 0 Å². The van der Waals surface area contributed by atoms with E-state index in [1.165, 1.54) is 33.2 Å². The lowest BCUT2D eigenvalue weighted by molar-refractivity contribution is 1.13. The topological polar surface area (TPSA) is 16.1 Å². The fourth-order valence-electron chi connectivity index (χ4n) is 3.34. The number of fused-ring (bicyclic) bond motifs is 2. The Morgan fingerprint density at radius 3 is 1.88 bits per heavy atom. The third kappa shape index (κ3) is 2.31. The van der Waals surface area contributed by atoms with Crippen LogP contribution in [0.15, 0.2) is 66.7 Å². The number of benzene rings is 3. The van der Waals surface area contributed by atoms with Gasteiger partial charge in [-0.1, -0.05) is 42.5 Å². The van der Waals surface area contributed by atoms with Gasteiger partial charge >= 0.3 is 0 Å². The number of pyridine rings is 1. The van der Waals surface area contributed by atoms with Gasteiger partial charge in [0.05, 0.1) is 11.0 Å². The van der Waals surface area contributed by atoms with E-state index in [1.54, 1.807) is 0 Å². The van der Waals surface area contributed by atoms with E-state index < -0.39 is 0 Å². The summed E-state index contributed by atoms with van der Waals surface area (Å²) in [5.41, 5.74) is 7.14. The van der Waals surface area contributed by atoms with Crippen molar-refractivity contribution in [2.24, 2.45) is 0 Å². The summed E-state index contributed by atoms with van der Waals surface area (Å²) in [5, 5.41) is 2.41. The van der Waals surface area contributed by atoms with Gasteiger partial charge in [-0.2, -0.15) is 0 Å². The van der Waals surface area contributed by atoms with Crippen molar-refractivity contribution in [3.8, 4) is 11.1 Å². The summed E-state index contributed by atoms with van der Waals surface area (Å²) in [6, 6.07) is 23.5. The molecule has 3 aromatic carbocycles. The SMILES string of the molecule is Cc1cc(N(C)C)ccc1-c1c2ccccc2nc2ccccc12. The number of aryl methyl sites for hydroxylation is 1. The smallest absolute Gasteiger partial charge is 0.0715 e. The van der Waals surface area contributed by atoms with Crippen LogP contribution in [0, 0.1) is 6.92 Å². The minimum Gasteiger partial charge on any atom is -0.378 e. The van der Waals surface area contributed by atoms with Crippen LogP contribution in [-0.4, -0.2) is 19.1 Å². The van der Waals surface area contributed by atoms with Gasteiger partial charge < -0.3 is 4.90 Å². The molecule has 0 spiro atoms. The maximum atomic E-state index is 4.83. The molecular formula is C22H20N2. The molecule has 2 nitrogen and oxygen atoms in total. The van der Waals surface area contributed by atoms with Crippen molar-refractivity contribution in [2.45, 2.75) is 6.92 Å². The lowest BCUT2D eigenvalue weighted by Gasteiger charge is -2.17. The second kappa shape index (κ2) is 5.64. The second-order valence-electron chi connectivity index (χ2n) is 6.41. The molecule has 0 amide bonds. The fraction of sp³-hybridized carbons (Fsp3) is 0.136. The molecule has 24 heavy (non-hydrogen) atoms. The molecule has 0 bridgehead atoms. The number of hydrogen-bond acceptors (Lipinski definition) is 2. The van der Waals surface area contributed by atoms with E-state index in [2.05, 4.69) is 92.6 Å². The Balaban J connectivity index is 2.11. The van der Waals surface area contributed by atoms with Gasteiger partial charge in [-0.3, -0.25) is 0 Å². The fourth-order valence-corrected chi connectivity index (χ4v) is 3.34. The van der Waals surface area contributed by atoms with Crippen LogP contribution >= 0.6 is 0 Å². The Bertz CT molecular complexity index is 994. The Morgan fingerprint density at radius 1 is 0.750 bits per heavy atom.